The van der Waals surface area contributed by atoms with Crippen LogP contribution in [-0.2, 0) is 4.79 Å². The molecule has 1 aliphatic rings. The fourth-order valence-electron chi connectivity index (χ4n) is 3.19. The van der Waals surface area contributed by atoms with E-state index in [2.05, 4.69) is 10.2 Å². The van der Waals surface area contributed by atoms with E-state index in [1.54, 1.807) is 18.3 Å². The number of carbonyl (C=O) groups is 2. The summed E-state index contributed by atoms with van der Waals surface area (Å²) in [6, 6.07) is 9.12. The second-order valence-corrected chi connectivity index (χ2v) is 5.75. The molecule has 2 atom stereocenters. The van der Waals surface area contributed by atoms with E-state index < -0.39 is 17.8 Å². The van der Waals surface area contributed by atoms with Gasteiger partial charge in [0.1, 0.15) is 0 Å². The Kier molecular flexibility index (Phi) is 4.04. The van der Waals surface area contributed by atoms with Crippen LogP contribution in [0.4, 0.5) is 0 Å². The number of aromatic nitrogens is 2. The first kappa shape index (κ1) is 14.5. The van der Waals surface area contributed by atoms with Gasteiger partial charge in [-0.05, 0) is 24.5 Å². The Morgan fingerprint density at radius 3 is 2.32 bits per heavy atom. The second-order valence-electron chi connectivity index (χ2n) is 5.75. The maximum Gasteiger partial charge on any atom is 0.307 e. The lowest BCUT2D eigenvalue weighted by molar-refractivity contribution is -0.144. The van der Waals surface area contributed by atoms with Crippen LogP contribution < -0.4 is 0 Å². The maximum absolute atomic E-state index is 12.6. The smallest absolute Gasteiger partial charge is 0.307 e. The van der Waals surface area contributed by atoms with Gasteiger partial charge in [-0.15, -0.1) is 0 Å². The number of hydrogen-bond donors (Lipinski definition) is 2. The van der Waals surface area contributed by atoms with E-state index in [1.807, 2.05) is 18.2 Å². The van der Waals surface area contributed by atoms with Crippen LogP contribution in [0.25, 0.3) is 11.3 Å². The quantitative estimate of drug-likeness (QED) is 0.849. The van der Waals surface area contributed by atoms with Crippen LogP contribution in [0, 0.1) is 11.8 Å². The van der Waals surface area contributed by atoms with Crippen molar-refractivity contribution in [1.82, 2.24) is 10.2 Å². The highest BCUT2D eigenvalue weighted by Crippen LogP contribution is 2.33. The summed E-state index contributed by atoms with van der Waals surface area (Å²) in [4.78, 5) is 24.0. The number of carboxylic acids is 1. The largest absolute Gasteiger partial charge is 0.481 e. The lowest BCUT2D eigenvalue weighted by atomic mass is 9.75. The van der Waals surface area contributed by atoms with Crippen molar-refractivity contribution in [3.8, 4) is 11.3 Å². The zero-order chi connectivity index (χ0) is 15.5. The average Bonchev–Trinajstić information content (AvgIpc) is 3.09. The molecule has 0 unspecified atom stereocenters. The van der Waals surface area contributed by atoms with Crippen molar-refractivity contribution in [2.75, 3.05) is 0 Å². The monoisotopic (exact) mass is 298 g/mol. The van der Waals surface area contributed by atoms with Crippen LogP contribution in [0.2, 0.25) is 0 Å². The molecule has 3 rings (SSSR count). The maximum atomic E-state index is 12.6. The molecule has 1 heterocycles. The molecule has 0 saturated heterocycles. The Balaban J connectivity index is 1.81. The summed E-state index contributed by atoms with van der Waals surface area (Å²) in [6.45, 7) is 0. The van der Waals surface area contributed by atoms with Gasteiger partial charge in [-0.3, -0.25) is 14.7 Å². The van der Waals surface area contributed by atoms with Crippen molar-refractivity contribution in [3.63, 3.8) is 0 Å². The number of carboxylic acid groups (broad SMARTS) is 1. The highest BCUT2D eigenvalue weighted by atomic mass is 16.4. The van der Waals surface area contributed by atoms with Crippen molar-refractivity contribution in [3.05, 3.63) is 42.1 Å². The van der Waals surface area contributed by atoms with Crippen LogP contribution in [0.3, 0.4) is 0 Å². The summed E-state index contributed by atoms with van der Waals surface area (Å²) in [5.74, 6) is -1.85. The van der Waals surface area contributed by atoms with Gasteiger partial charge in [-0.1, -0.05) is 37.1 Å². The fourth-order valence-corrected chi connectivity index (χ4v) is 3.19. The molecule has 5 nitrogen and oxygen atoms in total. The SMILES string of the molecule is O=C(O)[C@H]1CCCC[C@@H]1C(=O)c1ccc(-c2ccn[nH]2)cc1. The number of nitrogens with one attached hydrogen (secondary N) is 1. The Morgan fingerprint density at radius 2 is 1.73 bits per heavy atom. The molecule has 0 radical (unpaired) electrons. The summed E-state index contributed by atoms with van der Waals surface area (Å²) in [6.07, 6.45) is 4.75. The minimum Gasteiger partial charge on any atom is -0.481 e. The predicted molar refractivity (Wildman–Crippen MR) is 81.4 cm³/mol. The number of H-pyrrole nitrogens is 1. The zero-order valence-corrected chi connectivity index (χ0v) is 12.2. The molecule has 2 N–H and O–H groups in total. The normalized spacial score (nSPS) is 21.5. The number of hydrogen-bond acceptors (Lipinski definition) is 3. The van der Waals surface area contributed by atoms with Crippen LogP contribution in [-0.4, -0.2) is 27.1 Å². The third-order valence-corrected chi connectivity index (χ3v) is 4.40. The molecule has 1 aromatic carbocycles. The average molecular weight is 298 g/mol. The molecule has 2 aromatic rings. The van der Waals surface area contributed by atoms with Gasteiger partial charge in [0.25, 0.3) is 0 Å². The minimum atomic E-state index is -0.855. The molecule has 1 saturated carbocycles. The number of benzene rings is 1. The number of ketones is 1. The van der Waals surface area contributed by atoms with Crippen molar-refractivity contribution in [2.45, 2.75) is 25.7 Å². The number of aromatic amines is 1. The molecule has 114 valence electrons. The second kappa shape index (κ2) is 6.13. The molecule has 0 bridgehead atoms. The van der Waals surface area contributed by atoms with Gasteiger partial charge in [0.05, 0.1) is 11.6 Å². The molecule has 1 aliphatic carbocycles. The van der Waals surface area contributed by atoms with Gasteiger partial charge < -0.3 is 5.11 Å². The van der Waals surface area contributed by atoms with Crippen molar-refractivity contribution in [1.29, 1.82) is 0 Å². The third kappa shape index (κ3) is 2.79. The van der Waals surface area contributed by atoms with Crippen molar-refractivity contribution >= 4 is 11.8 Å². The van der Waals surface area contributed by atoms with E-state index in [-0.39, 0.29) is 5.78 Å². The number of nitrogens with zero attached hydrogens (tertiary/aromatic N) is 1. The van der Waals surface area contributed by atoms with Gasteiger partial charge in [-0.25, -0.2) is 0 Å². The molecule has 0 amide bonds. The topological polar surface area (TPSA) is 83.0 Å². The van der Waals surface area contributed by atoms with E-state index in [9.17, 15) is 14.7 Å². The first-order chi connectivity index (χ1) is 10.7. The van der Waals surface area contributed by atoms with E-state index >= 15 is 0 Å². The molecular formula is C17H18N2O3. The van der Waals surface area contributed by atoms with Crippen LogP contribution >= 0.6 is 0 Å². The van der Waals surface area contributed by atoms with Gasteiger partial charge in [-0.2, -0.15) is 5.10 Å². The summed E-state index contributed by atoms with van der Waals surface area (Å²) in [5.41, 5.74) is 2.42. The van der Waals surface area contributed by atoms with Crippen molar-refractivity contribution in [2.24, 2.45) is 11.8 Å². The number of rotatable bonds is 4. The summed E-state index contributed by atoms with van der Waals surface area (Å²) < 4.78 is 0. The predicted octanol–water partition coefficient (Wildman–Crippen LogP) is 3.15. The lowest BCUT2D eigenvalue weighted by Crippen LogP contribution is -2.32. The van der Waals surface area contributed by atoms with Gasteiger partial charge >= 0.3 is 5.97 Å². The fraction of sp³-hybridized carbons (Fsp3) is 0.353. The van der Waals surface area contributed by atoms with Crippen molar-refractivity contribution < 1.29 is 14.7 Å². The van der Waals surface area contributed by atoms with Crippen LogP contribution in [0.1, 0.15) is 36.0 Å². The minimum absolute atomic E-state index is 0.0525. The van der Waals surface area contributed by atoms with Crippen LogP contribution in [0.5, 0.6) is 0 Å². The summed E-state index contributed by atoms with van der Waals surface area (Å²) >= 11 is 0. The third-order valence-electron chi connectivity index (χ3n) is 4.40. The molecule has 5 heteroatoms. The Bertz CT molecular complexity index is 662. The highest BCUT2D eigenvalue weighted by Gasteiger charge is 2.35. The number of aliphatic carboxylic acids is 1. The zero-order valence-electron chi connectivity index (χ0n) is 12.2. The Hall–Kier alpha value is -2.43. The van der Waals surface area contributed by atoms with E-state index in [1.165, 1.54) is 0 Å². The molecular weight excluding hydrogens is 280 g/mol. The van der Waals surface area contributed by atoms with Gasteiger partial charge in [0, 0.05) is 17.7 Å². The highest BCUT2D eigenvalue weighted by molar-refractivity contribution is 6.00. The molecule has 22 heavy (non-hydrogen) atoms. The summed E-state index contributed by atoms with van der Waals surface area (Å²) in [7, 11) is 0. The van der Waals surface area contributed by atoms with Gasteiger partial charge in [0.2, 0.25) is 0 Å². The van der Waals surface area contributed by atoms with E-state index in [4.69, 9.17) is 0 Å². The van der Waals surface area contributed by atoms with Crippen LogP contribution in [0.15, 0.2) is 36.5 Å². The molecule has 0 aliphatic heterocycles. The lowest BCUT2D eigenvalue weighted by Gasteiger charge is -2.27. The molecule has 0 spiro atoms. The Labute approximate surface area is 128 Å². The van der Waals surface area contributed by atoms with E-state index in [0.29, 0.717) is 18.4 Å². The summed E-state index contributed by atoms with van der Waals surface area (Å²) in [5, 5.41) is 16.1. The first-order valence-corrected chi connectivity index (χ1v) is 7.53. The number of Topliss-reactive ketones (excluding diaryl/α,β-unsaturated/α-hetero) is 1. The molecule has 1 fully saturated rings. The first-order valence-electron chi connectivity index (χ1n) is 7.53. The Morgan fingerprint density at radius 1 is 1.05 bits per heavy atom. The standard InChI is InChI=1S/C17H18N2O3/c20-16(13-3-1-2-4-14(13)17(21)22)12-7-5-11(6-8-12)15-9-10-18-19-15/h5-10,13-14H,1-4H2,(H,18,19)(H,21,22)/t13-,14-/m0/s1. The van der Waals surface area contributed by atoms with E-state index in [0.717, 1.165) is 24.1 Å². The van der Waals surface area contributed by atoms with Gasteiger partial charge in [0.15, 0.2) is 5.78 Å². The number of carbonyl (C=O) groups excluding carboxylic acids is 1. The molecule has 1 aromatic heterocycles.